The maximum Gasteiger partial charge on any atom is 0.162 e. The highest BCUT2D eigenvalue weighted by Gasteiger charge is 2.17. The average molecular weight is 241 g/mol. The van der Waals surface area contributed by atoms with Crippen molar-refractivity contribution in [3.05, 3.63) is 34.9 Å². The lowest BCUT2D eigenvalue weighted by Crippen LogP contribution is -2.27. The molecule has 0 saturated heterocycles. The van der Waals surface area contributed by atoms with E-state index in [2.05, 4.69) is 12.2 Å². The normalized spacial score (nSPS) is 14.7. The van der Waals surface area contributed by atoms with Gasteiger partial charge in [-0.25, -0.2) is 8.78 Å². The summed E-state index contributed by atoms with van der Waals surface area (Å²) in [6.45, 7) is 8.49. The molecule has 2 atom stereocenters. The third-order valence-corrected chi connectivity index (χ3v) is 3.10. The van der Waals surface area contributed by atoms with Crippen LogP contribution in [-0.4, -0.2) is 12.6 Å². The second-order valence-corrected chi connectivity index (χ2v) is 4.70. The van der Waals surface area contributed by atoms with E-state index in [1.807, 2.05) is 13.8 Å². The summed E-state index contributed by atoms with van der Waals surface area (Å²) in [7, 11) is 0. The van der Waals surface area contributed by atoms with Crippen molar-refractivity contribution >= 4 is 0 Å². The van der Waals surface area contributed by atoms with E-state index in [-0.39, 0.29) is 5.92 Å². The van der Waals surface area contributed by atoms with Gasteiger partial charge in [0.05, 0.1) is 0 Å². The molecule has 0 radical (unpaired) electrons. The molecule has 2 unspecified atom stereocenters. The van der Waals surface area contributed by atoms with Crippen LogP contribution >= 0.6 is 0 Å². The number of benzene rings is 1. The van der Waals surface area contributed by atoms with Crippen molar-refractivity contribution in [2.45, 2.75) is 46.1 Å². The van der Waals surface area contributed by atoms with Crippen LogP contribution in [0.2, 0.25) is 0 Å². The Labute approximate surface area is 102 Å². The van der Waals surface area contributed by atoms with Gasteiger partial charge in [0, 0.05) is 6.04 Å². The fraction of sp³-hybridized carbons (Fsp3) is 0.571. The first-order chi connectivity index (χ1) is 7.97. The molecule has 0 aliphatic heterocycles. The van der Waals surface area contributed by atoms with E-state index < -0.39 is 11.6 Å². The van der Waals surface area contributed by atoms with E-state index >= 15 is 0 Å². The summed E-state index contributed by atoms with van der Waals surface area (Å²) < 4.78 is 27.2. The van der Waals surface area contributed by atoms with Gasteiger partial charge in [0.1, 0.15) is 0 Å². The van der Waals surface area contributed by atoms with Crippen LogP contribution in [0, 0.1) is 18.6 Å². The van der Waals surface area contributed by atoms with Gasteiger partial charge in [0.15, 0.2) is 11.6 Å². The highest BCUT2D eigenvalue weighted by molar-refractivity contribution is 5.27. The minimum atomic E-state index is -0.717. The van der Waals surface area contributed by atoms with Crippen LogP contribution in [0.15, 0.2) is 12.1 Å². The SMILES string of the molecule is CCNC(C)CC(C)c1ccc(C)c(F)c1F. The molecular weight excluding hydrogens is 220 g/mol. The molecular formula is C14H21F2N. The van der Waals surface area contributed by atoms with Crippen molar-refractivity contribution < 1.29 is 8.78 Å². The minimum absolute atomic E-state index is 0.0131. The van der Waals surface area contributed by atoms with E-state index in [0.717, 1.165) is 13.0 Å². The molecule has 0 spiro atoms. The summed E-state index contributed by atoms with van der Waals surface area (Å²) >= 11 is 0. The van der Waals surface area contributed by atoms with Gasteiger partial charge in [-0.15, -0.1) is 0 Å². The van der Waals surface area contributed by atoms with E-state index in [9.17, 15) is 8.78 Å². The highest BCUT2D eigenvalue weighted by Crippen LogP contribution is 2.26. The third kappa shape index (κ3) is 3.50. The molecule has 1 aromatic carbocycles. The molecule has 0 fully saturated rings. The van der Waals surface area contributed by atoms with Crippen molar-refractivity contribution in [1.29, 1.82) is 0 Å². The molecule has 1 N–H and O–H groups in total. The molecule has 0 heterocycles. The lowest BCUT2D eigenvalue weighted by molar-refractivity contribution is 0.455. The Hall–Kier alpha value is -0.960. The summed E-state index contributed by atoms with van der Waals surface area (Å²) in [4.78, 5) is 0. The first-order valence-corrected chi connectivity index (χ1v) is 6.15. The second kappa shape index (κ2) is 6.10. The quantitative estimate of drug-likeness (QED) is 0.827. The molecule has 3 heteroatoms. The average Bonchev–Trinajstić information content (AvgIpc) is 2.26. The van der Waals surface area contributed by atoms with Crippen molar-refractivity contribution in [1.82, 2.24) is 5.32 Å². The molecule has 1 nitrogen and oxygen atoms in total. The highest BCUT2D eigenvalue weighted by atomic mass is 19.2. The molecule has 0 saturated carbocycles. The molecule has 0 aromatic heterocycles. The molecule has 1 aromatic rings. The van der Waals surface area contributed by atoms with Gasteiger partial charge in [0.25, 0.3) is 0 Å². The van der Waals surface area contributed by atoms with Crippen molar-refractivity contribution in [3.8, 4) is 0 Å². The van der Waals surface area contributed by atoms with E-state index in [1.54, 1.807) is 19.1 Å². The van der Waals surface area contributed by atoms with Gasteiger partial charge >= 0.3 is 0 Å². The summed E-state index contributed by atoms with van der Waals surface area (Å²) in [5, 5.41) is 3.28. The number of halogens is 2. The number of rotatable bonds is 5. The molecule has 0 aliphatic rings. The summed E-state index contributed by atoms with van der Waals surface area (Å²) in [5.74, 6) is -1.40. The van der Waals surface area contributed by atoms with Gasteiger partial charge in [-0.3, -0.25) is 0 Å². The molecule has 96 valence electrons. The Morgan fingerprint density at radius 2 is 1.82 bits per heavy atom. The number of nitrogens with one attached hydrogen (secondary N) is 1. The first kappa shape index (κ1) is 14.1. The van der Waals surface area contributed by atoms with Gasteiger partial charge < -0.3 is 5.32 Å². The fourth-order valence-corrected chi connectivity index (χ4v) is 2.13. The zero-order valence-electron chi connectivity index (χ0n) is 11.0. The van der Waals surface area contributed by atoms with E-state index in [0.29, 0.717) is 17.2 Å². The molecule has 0 aliphatic carbocycles. The second-order valence-electron chi connectivity index (χ2n) is 4.70. The molecule has 1 rings (SSSR count). The van der Waals surface area contributed by atoms with Gasteiger partial charge in [-0.1, -0.05) is 26.0 Å². The maximum atomic E-state index is 13.8. The predicted octanol–water partition coefficient (Wildman–Crippen LogP) is 3.76. The van der Waals surface area contributed by atoms with Crippen LogP contribution in [0.5, 0.6) is 0 Å². The maximum absolute atomic E-state index is 13.8. The molecule has 17 heavy (non-hydrogen) atoms. The van der Waals surface area contributed by atoms with Gasteiger partial charge in [-0.2, -0.15) is 0 Å². The standard InChI is InChI=1S/C14H21F2N/c1-5-17-11(4)8-10(3)12-7-6-9(2)13(15)14(12)16/h6-7,10-11,17H,5,8H2,1-4H3. The molecule has 0 bridgehead atoms. The Kier molecular flexibility index (Phi) is 5.06. The van der Waals surface area contributed by atoms with E-state index in [4.69, 9.17) is 0 Å². The first-order valence-electron chi connectivity index (χ1n) is 6.15. The van der Waals surface area contributed by atoms with Crippen LogP contribution < -0.4 is 5.32 Å². The van der Waals surface area contributed by atoms with Crippen LogP contribution in [-0.2, 0) is 0 Å². The molecule has 0 amide bonds. The van der Waals surface area contributed by atoms with E-state index in [1.165, 1.54) is 0 Å². The lowest BCUT2D eigenvalue weighted by atomic mass is 9.93. The predicted molar refractivity (Wildman–Crippen MR) is 67.3 cm³/mol. The Morgan fingerprint density at radius 1 is 1.18 bits per heavy atom. The Morgan fingerprint density at radius 3 is 2.41 bits per heavy atom. The number of hydrogen-bond donors (Lipinski definition) is 1. The van der Waals surface area contributed by atoms with Crippen LogP contribution in [0.4, 0.5) is 8.78 Å². The van der Waals surface area contributed by atoms with Crippen LogP contribution in [0.25, 0.3) is 0 Å². The fourth-order valence-electron chi connectivity index (χ4n) is 2.13. The van der Waals surface area contributed by atoms with Crippen LogP contribution in [0.3, 0.4) is 0 Å². The van der Waals surface area contributed by atoms with Crippen molar-refractivity contribution in [3.63, 3.8) is 0 Å². The van der Waals surface area contributed by atoms with Gasteiger partial charge in [0.2, 0.25) is 0 Å². The largest absolute Gasteiger partial charge is 0.315 e. The number of hydrogen-bond acceptors (Lipinski definition) is 1. The Bertz CT molecular complexity index is 377. The Balaban J connectivity index is 2.82. The van der Waals surface area contributed by atoms with Gasteiger partial charge in [-0.05, 0) is 43.9 Å². The van der Waals surface area contributed by atoms with Crippen molar-refractivity contribution in [2.75, 3.05) is 6.54 Å². The lowest BCUT2D eigenvalue weighted by Gasteiger charge is -2.19. The van der Waals surface area contributed by atoms with Crippen LogP contribution in [0.1, 0.15) is 44.2 Å². The summed E-state index contributed by atoms with van der Waals surface area (Å²) in [6.07, 6.45) is 0.799. The zero-order valence-corrected chi connectivity index (χ0v) is 11.0. The summed E-state index contributed by atoms with van der Waals surface area (Å²) in [6, 6.07) is 3.64. The van der Waals surface area contributed by atoms with Crippen molar-refractivity contribution in [2.24, 2.45) is 0 Å². The topological polar surface area (TPSA) is 12.0 Å². The summed E-state index contributed by atoms with van der Waals surface area (Å²) in [5.41, 5.74) is 0.830. The number of aryl methyl sites for hydroxylation is 1. The smallest absolute Gasteiger partial charge is 0.162 e. The monoisotopic (exact) mass is 241 g/mol. The third-order valence-electron chi connectivity index (χ3n) is 3.10. The zero-order chi connectivity index (χ0) is 13.0. The minimum Gasteiger partial charge on any atom is -0.315 e.